The molecule has 3 aliphatic rings. The smallest absolute Gasteiger partial charge is 0.237 e. The van der Waals surface area contributed by atoms with Crippen molar-refractivity contribution in [2.75, 3.05) is 33.2 Å². The second kappa shape index (κ2) is 6.85. The SMILES string of the molecule is CN(CC(=O)N1C[C@@H]2CNC[C@@H]2[C@H]1c1ccccc1)C1CCCC1. The Morgan fingerprint density at radius 2 is 1.96 bits per heavy atom. The third kappa shape index (κ3) is 2.98. The van der Waals surface area contributed by atoms with Gasteiger partial charge in [-0.25, -0.2) is 0 Å². The molecule has 1 N–H and O–H groups in total. The van der Waals surface area contributed by atoms with Crippen LogP contribution in [0.1, 0.15) is 37.3 Å². The summed E-state index contributed by atoms with van der Waals surface area (Å²) in [4.78, 5) is 17.6. The van der Waals surface area contributed by atoms with Crippen LogP contribution < -0.4 is 5.32 Å². The monoisotopic (exact) mass is 327 g/mol. The lowest BCUT2D eigenvalue weighted by molar-refractivity contribution is -0.134. The second-order valence-corrected chi connectivity index (χ2v) is 7.84. The number of nitrogens with zero attached hydrogens (tertiary/aromatic N) is 2. The van der Waals surface area contributed by atoms with Gasteiger partial charge >= 0.3 is 0 Å². The Morgan fingerprint density at radius 3 is 2.71 bits per heavy atom. The highest BCUT2D eigenvalue weighted by Crippen LogP contribution is 2.42. The minimum absolute atomic E-state index is 0.246. The van der Waals surface area contributed by atoms with Gasteiger partial charge in [0, 0.05) is 31.6 Å². The molecule has 2 saturated heterocycles. The number of likely N-dealkylation sites (N-methyl/N-ethyl adjacent to an activating group) is 1. The first kappa shape index (κ1) is 16.1. The predicted molar refractivity (Wildman–Crippen MR) is 95.6 cm³/mol. The van der Waals surface area contributed by atoms with Crippen molar-refractivity contribution in [2.24, 2.45) is 11.8 Å². The van der Waals surface area contributed by atoms with Gasteiger partial charge in [-0.15, -0.1) is 0 Å². The first-order valence-electron chi connectivity index (χ1n) is 9.49. The number of benzene rings is 1. The second-order valence-electron chi connectivity index (χ2n) is 7.84. The zero-order valence-corrected chi connectivity index (χ0v) is 14.7. The van der Waals surface area contributed by atoms with Crippen molar-refractivity contribution in [3.8, 4) is 0 Å². The van der Waals surface area contributed by atoms with Gasteiger partial charge in [0.1, 0.15) is 0 Å². The van der Waals surface area contributed by atoms with Crippen molar-refractivity contribution in [3.05, 3.63) is 35.9 Å². The molecular weight excluding hydrogens is 298 g/mol. The quantitative estimate of drug-likeness (QED) is 0.921. The van der Waals surface area contributed by atoms with Gasteiger partial charge in [0.2, 0.25) is 5.91 Å². The Labute approximate surface area is 145 Å². The lowest BCUT2D eigenvalue weighted by Gasteiger charge is -2.31. The van der Waals surface area contributed by atoms with Gasteiger partial charge in [-0.05, 0) is 31.4 Å². The van der Waals surface area contributed by atoms with E-state index in [1.54, 1.807) is 0 Å². The molecule has 4 rings (SSSR count). The maximum Gasteiger partial charge on any atom is 0.237 e. The Morgan fingerprint density at radius 1 is 1.21 bits per heavy atom. The number of likely N-dealkylation sites (tertiary alicyclic amines) is 1. The van der Waals surface area contributed by atoms with Gasteiger partial charge < -0.3 is 10.2 Å². The molecule has 0 unspecified atom stereocenters. The van der Waals surface area contributed by atoms with Crippen LogP contribution in [-0.4, -0.2) is 55.0 Å². The summed E-state index contributed by atoms with van der Waals surface area (Å²) in [7, 11) is 2.13. The fourth-order valence-corrected chi connectivity index (χ4v) is 5.03. The number of carbonyl (C=O) groups is 1. The van der Waals surface area contributed by atoms with Crippen LogP contribution in [-0.2, 0) is 4.79 Å². The summed E-state index contributed by atoms with van der Waals surface area (Å²) in [5, 5.41) is 3.52. The zero-order valence-electron chi connectivity index (χ0n) is 14.7. The van der Waals surface area contributed by atoms with Crippen LogP contribution >= 0.6 is 0 Å². The summed E-state index contributed by atoms with van der Waals surface area (Å²) in [5.41, 5.74) is 1.30. The molecule has 0 radical (unpaired) electrons. The minimum Gasteiger partial charge on any atom is -0.334 e. The molecule has 1 amide bonds. The van der Waals surface area contributed by atoms with Gasteiger partial charge in [-0.2, -0.15) is 0 Å². The van der Waals surface area contributed by atoms with Crippen LogP contribution in [0.15, 0.2) is 30.3 Å². The topological polar surface area (TPSA) is 35.6 Å². The number of amides is 1. The van der Waals surface area contributed by atoms with Crippen molar-refractivity contribution in [3.63, 3.8) is 0 Å². The number of hydrogen-bond acceptors (Lipinski definition) is 3. The van der Waals surface area contributed by atoms with Crippen molar-refractivity contribution in [1.82, 2.24) is 15.1 Å². The maximum absolute atomic E-state index is 13.1. The number of fused-ring (bicyclic) bond motifs is 1. The van der Waals surface area contributed by atoms with Crippen molar-refractivity contribution in [2.45, 2.75) is 37.8 Å². The largest absolute Gasteiger partial charge is 0.334 e. The maximum atomic E-state index is 13.1. The molecule has 1 saturated carbocycles. The molecule has 2 heterocycles. The van der Waals surface area contributed by atoms with E-state index in [1.807, 2.05) is 0 Å². The summed E-state index contributed by atoms with van der Waals surface area (Å²) < 4.78 is 0. The van der Waals surface area contributed by atoms with Crippen molar-refractivity contribution in [1.29, 1.82) is 0 Å². The zero-order chi connectivity index (χ0) is 16.5. The van der Waals surface area contributed by atoms with Gasteiger partial charge in [0.15, 0.2) is 0 Å². The van der Waals surface area contributed by atoms with Gasteiger partial charge in [-0.3, -0.25) is 9.69 Å². The lowest BCUT2D eigenvalue weighted by atomic mass is 9.89. The van der Waals surface area contributed by atoms with E-state index >= 15 is 0 Å². The normalized spacial score (nSPS) is 30.2. The summed E-state index contributed by atoms with van der Waals surface area (Å²) in [6.45, 7) is 3.57. The van der Waals surface area contributed by atoms with Crippen LogP contribution in [0.3, 0.4) is 0 Å². The molecular formula is C20H29N3O. The Kier molecular flexibility index (Phi) is 4.59. The molecule has 0 spiro atoms. The van der Waals surface area contributed by atoms with E-state index in [-0.39, 0.29) is 6.04 Å². The molecule has 1 aliphatic carbocycles. The highest BCUT2D eigenvalue weighted by molar-refractivity contribution is 5.79. The molecule has 130 valence electrons. The van der Waals surface area contributed by atoms with E-state index in [4.69, 9.17) is 0 Å². The van der Waals surface area contributed by atoms with Crippen LogP contribution in [0.25, 0.3) is 0 Å². The molecule has 1 aromatic rings. The minimum atomic E-state index is 0.246. The number of nitrogens with one attached hydrogen (secondary N) is 1. The molecule has 4 nitrogen and oxygen atoms in total. The summed E-state index contributed by atoms with van der Waals surface area (Å²) >= 11 is 0. The third-order valence-corrected chi connectivity index (χ3v) is 6.36. The highest BCUT2D eigenvalue weighted by atomic mass is 16.2. The predicted octanol–water partition coefficient (Wildman–Crippen LogP) is 2.28. The molecule has 2 aliphatic heterocycles. The third-order valence-electron chi connectivity index (χ3n) is 6.36. The fourth-order valence-electron chi connectivity index (χ4n) is 5.03. The van der Waals surface area contributed by atoms with E-state index in [9.17, 15) is 4.79 Å². The summed E-state index contributed by atoms with van der Waals surface area (Å²) in [6.07, 6.45) is 5.13. The standard InChI is InChI=1S/C20H29N3O/c1-22(17-9-5-6-10-17)14-19(24)23-13-16-11-21-12-18(16)20(23)15-7-3-2-4-8-15/h2-4,7-8,16-18,20-21H,5-6,9-14H2,1H3/t16-,18-,20+/m0/s1. The van der Waals surface area contributed by atoms with Crippen LogP contribution in [0.5, 0.6) is 0 Å². The van der Waals surface area contributed by atoms with Gasteiger partial charge in [0.05, 0.1) is 12.6 Å². The van der Waals surface area contributed by atoms with E-state index in [2.05, 4.69) is 52.5 Å². The molecule has 3 fully saturated rings. The lowest BCUT2D eigenvalue weighted by Crippen LogP contribution is -2.43. The van der Waals surface area contributed by atoms with Crippen LogP contribution in [0.2, 0.25) is 0 Å². The molecule has 1 aromatic carbocycles. The van der Waals surface area contributed by atoms with Crippen molar-refractivity contribution < 1.29 is 4.79 Å². The summed E-state index contributed by atoms with van der Waals surface area (Å²) in [5.74, 6) is 1.48. The first-order valence-corrected chi connectivity index (χ1v) is 9.49. The van der Waals surface area contributed by atoms with Crippen LogP contribution in [0.4, 0.5) is 0 Å². The number of rotatable bonds is 4. The van der Waals surface area contributed by atoms with Gasteiger partial charge in [0.25, 0.3) is 0 Å². The Balaban J connectivity index is 1.50. The molecule has 4 heteroatoms. The van der Waals surface area contributed by atoms with Crippen molar-refractivity contribution >= 4 is 5.91 Å². The fraction of sp³-hybridized carbons (Fsp3) is 0.650. The first-order chi connectivity index (χ1) is 11.7. The molecule has 24 heavy (non-hydrogen) atoms. The average Bonchev–Trinajstić information content (AvgIpc) is 3.32. The van der Waals surface area contributed by atoms with E-state index in [0.717, 1.165) is 19.6 Å². The Hall–Kier alpha value is -1.39. The summed E-state index contributed by atoms with van der Waals surface area (Å²) in [6, 6.07) is 11.5. The molecule has 3 atom stereocenters. The van der Waals surface area contributed by atoms with E-state index in [1.165, 1.54) is 31.2 Å². The molecule has 0 bridgehead atoms. The average molecular weight is 327 g/mol. The van der Waals surface area contributed by atoms with Crippen LogP contribution in [0, 0.1) is 11.8 Å². The number of carbonyl (C=O) groups excluding carboxylic acids is 1. The highest BCUT2D eigenvalue weighted by Gasteiger charge is 2.46. The number of hydrogen-bond donors (Lipinski definition) is 1. The van der Waals surface area contributed by atoms with E-state index in [0.29, 0.717) is 30.3 Å². The van der Waals surface area contributed by atoms with E-state index < -0.39 is 0 Å². The molecule has 0 aromatic heterocycles. The van der Waals surface area contributed by atoms with Gasteiger partial charge in [-0.1, -0.05) is 43.2 Å². The Bertz CT molecular complexity index is 570.